The van der Waals surface area contributed by atoms with E-state index in [1.54, 1.807) is 6.92 Å². The molecule has 1 atom stereocenters. The summed E-state index contributed by atoms with van der Waals surface area (Å²) in [6, 6.07) is 3.16. The van der Waals surface area contributed by atoms with Crippen LogP contribution < -0.4 is 0 Å². The molecule has 76 valence electrons. The number of carboxylic acids is 1. The number of hydrogen-bond donors (Lipinski definition) is 1. The smallest absolute Gasteiger partial charge is 0.303 e. The van der Waals surface area contributed by atoms with Crippen LogP contribution in [0.25, 0.3) is 0 Å². The minimum atomic E-state index is -0.999. The Morgan fingerprint density at radius 3 is 2.64 bits per heavy atom. The van der Waals surface area contributed by atoms with Gasteiger partial charge in [-0.25, -0.2) is 8.78 Å². The lowest BCUT2D eigenvalue weighted by atomic mass is 9.97. The van der Waals surface area contributed by atoms with E-state index in [2.05, 4.69) is 0 Å². The molecule has 1 aromatic rings. The fraction of sp³-hybridized carbons (Fsp3) is 0.300. The molecular weight excluding hydrogens is 190 g/mol. The van der Waals surface area contributed by atoms with E-state index in [-0.39, 0.29) is 12.0 Å². The predicted molar refractivity (Wildman–Crippen MR) is 47.0 cm³/mol. The third kappa shape index (κ3) is 2.52. The van der Waals surface area contributed by atoms with Gasteiger partial charge in [-0.05, 0) is 17.5 Å². The van der Waals surface area contributed by atoms with E-state index in [0.717, 1.165) is 12.1 Å². The fourth-order valence-electron chi connectivity index (χ4n) is 1.27. The molecule has 1 aromatic carbocycles. The van der Waals surface area contributed by atoms with Crippen LogP contribution in [-0.4, -0.2) is 11.1 Å². The summed E-state index contributed by atoms with van der Waals surface area (Å²) in [6.07, 6.45) is -0.164. The largest absolute Gasteiger partial charge is 0.481 e. The van der Waals surface area contributed by atoms with Crippen molar-refractivity contribution < 1.29 is 18.7 Å². The molecule has 0 radical (unpaired) electrons. The molecule has 0 heterocycles. The van der Waals surface area contributed by atoms with Gasteiger partial charge in [0.05, 0.1) is 6.42 Å². The number of aliphatic carboxylic acids is 1. The van der Waals surface area contributed by atoms with Crippen molar-refractivity contribution in [2.24, 2.45) is 0 Å². The third-order valence-electron chi connectivity index (χ3n) is 1.97. The quantitative estimate of drug-likeness (QED) is 0.814. The van der Waals surface area contributed by atoms with Gasteiger partial charge in [0.15, 0.2) is 0 Å². The molecule has 0 fully saturated rings. The van der Waals surface area contributed by atoms with Gasteiger partial charge in [-0.2, -0.15) is 0 Å². The van der Waals surface area contributed by atoms with E-state index < -0.39 is 23.5 Å². The van der Waals surface area contributed by atoms with Gasteiger partial charge in [0.2, 0.25) is 0 Å². The van der Waals surface area contributed by atoms with Crippen molar-refractivity contribution in [1.82, 2.24) is 0 Å². The van der Waals surface area contributed by atoms with Crippen molar-refractivity contribution in [1.29, 1.82) is 0 Å². The van der Waals surface area contributed by atoms with E-state index in [9.17, 15) is 13.6 Å². The second-order valence-electron chi connectivity index (χ2n) is 3.16. The summed E-state index contributed by atoms with van der Waals surface area (Å²) < 4.78 is 25.6. The molecular formula is C10H10F2O2. The van der Waals surface area contributed by atoms with Crippen LogP contribution in [0.2, 0.25) is 0 Å². The van der Waals surface area contributed by atoms with Gasteiger partial charge in [0, 0.05) is 6.07 Å². The lowest BCUT2D eigenvalue weighted by Gasteiger charge is -2.09. The molecule has 0 aliphatic carbocycles. The second kappa shape index (κ2) is 4.17. The lowest BCUT2D eigenvalue weighted by Crippen LogP contribution is -2.04. The molecule has 0 saturated carbocycles. The average molecular weight is 200 g/mol. The standard InChI is InChI=1S/C10H10F2O2/c1-6(4-10(13)14)8-3-2-7(11)5-9(8)12/h2-3,5-6H,4H2,1H3,(H,13,14)/t6-/m0/s1. The fourth-order valence-corrected chi connectivity index (χ4v) is 1.27. The van der Waals surface area contributed by atoms with Crippen LogP contribution in [0.15, 0.2) is 18.2 Å². The summed E-state index contributed by atoms with van der Waals surface area (Å²) in [7, 11) is 0. The van der Waals surface area contributed by atoms with Crippen LogP contribution in [0.4, 0.5) is 8.78 Å². The number of halogens is 2. The third-order valence-corrected chi connectivity index (χ3v) is 1.97. The van der Waals surface area contributed by atoms with E-state index in [4.69, 9.17) is 5.11 Å². The van der Waals surface area contributed by atoms with Gasteiger partial charge in [0.1, 0.15) is 11.6 Å². The number of rotatable bonds is 3. The van der Waals surface area contributed by atoms with E-state index >= 15 is 0 Å². The molecule has 0 bridgehead atoms. The van der Waals surface area contributed by atoms with Crippen molar-refractivity contribution >= 4 is 5.97 Å². The Hall–Kier alpha value is -1.45. The SMILES string of the molecule is C[C@@H](CC(=O)O)c1ccc(F)cc1F. The Morgan fingerprint density at radius 2 is 2.14 bits per heavy atom. The highest BCUT2D eigenvalue weighted by molar-refractivity contribution is 5.67. The predicted octanol–water partition coefficient (Wildman–Crippen LogP) is 2.54. The Balaban J connectivity index is 2.90. The molecule has 14 heavy (non-hydrogen) atoms. The minimum absolute atomic E-state index is 0.164. The van der Waals surface area contributed by atoms with Crippen LogP contribution in [0.3, 0.4) is 0 Å². The summed E-state index contributed by atoms with van der Waals surface area (Å²) in [5.74, 6) is -2.80. The zero-order valence-corrected chi connectivity index (χ0v) is 7.63. The van der Waals surface area contributed by atoms with Crippen LogP contribution in [0, 0.1) is 11.6 Å². The highest BCUT2D eigenvalue weighted by Gasteiger charge is 2.14. The van der Waals surface area contributed by atoms with Crippen molar-refractivity contribution in [2.45, 2.75) is 19.3 Å². The van der Waals surface area contributed by atoms with Crippen molar-refractivity contribution in [3.05, 3.63) is 35.4 Å². The van der Waals surface area contributed by atoms with Gasteiger partial charge < -0.3 is 5.11 Å². The van der Waals surface area contributed by atoms with Gasteiger partial charge in [0.25, 0.3) is 0 Å². The molecule has 4 heteroatoms. The zero-order chi connectivity index (χ0) is 10.7. The molecule has 0 amide bonds. The van der Waals surface area contributed by atoms with E-state index in [1.807, 2.05) is 0 Å². The summed E-state index contributed by atoms with van der Waals surface area (Å²) >= 11 is 0. The lowest BCUT2D eigenvalue weighted by molar-refractivity contribution is -0.137. The maximum absolute atomic E-state index is 13.1. The van der Waals surface area contributed by atoms with Crippen molar-refractivity contribution in [2.75, 3.05) is 0 Å². The first-order chi connectivity index (χ1) is 6.50. The number of carboxylic acid groups (broad SMARTS) is 1. The summed E-state index contributed by atoms with van der Waals surface area (Å²) in [5, 5.41) is 8.49. The zero-order valence-electron chi connectivity index (χ0n) is 7.63. The van der Waals surface area contributed by atoms with Crippen LogP contribution in [0.1, 0.15) is 24.8 Å². The molecule has 0 saturated heterocycles. The van der Waals surface area contributed by atoms with Gasteiger partial charge >= 0.3 is 5.97 Å². The second-order valence-corrected chi connectivity index (χ2v) is 3.16. The summed E-state index contributed by atoms with van der Waals surface area (Å²) in [4.78, 5) is 10.4. The molecule has 1 N–H and O–H groups in total. The molecule has 2 nitrogen and oxygen atoms in total. The Bertz CT molecular complexity index is 350. The number of benzene rings is 1. The van der Waals surface area contributed by atoms with Gasteiger partial charge in [-0.3, -0.25) is 4.79 Å². The summed E-state index contributed by atoms with van der Waals surface area (Å²) in [6.45, 7) is 1.59. The highest BCUT2D eigenvalue weighted by atomic mass is 19.1. The Kier molecular flexibility index (Phi) is 3.17. The van der Waals surface area contributed by atoms with Gasteiger partial charge in [-0.15, -0.1) is 0 Å². The maximum atomic E-state index is 13.1. The van der Waals surface area contributed by atoms with E-state index in [1.165, 1.54) is 6.07 Å². The monoisotopic (exact) mass is 200 g/mol. The first-order valence-corrected chi connectivity index (χ1v) is 4.17. The molecule has 1 rings (SSSR count). The minimum Gasteiger partial charge on any atom is -0.481 e. The Labute approximate surface area is 80.2 Å². The topological polar surface area (TPSA) is 37.3 Å². The molecule has 0 aliphatic rings. The molecule has 0 spiro atoms. The van der Waals surface area contributed by atoms with Crippen LogP contribution in [0.5, 0.6) is 0 Å². The number of hydrogen-bond acceptors (Lipinski definition) is 1. The first-order valence-electron chi connectivity index (χ1n) is 4.17. The summed E-state index contributed by atoms with van der Waals surface area (Å²) in [5.41, 5.74) is 0.230. The molecule has 0 aliphatic heterocycles. The van der Waals surface area contributed by atoms with E-state index in [0.29, 0.717) is 0 Å². The maximum Gasteiger partial charge on any atom is 0.303 e. The normalized spacial score (nSPS) is 12.5. The van der Waals surface area contributed by atoms with Crippen LogP contribution in [-0.2, 0) is 4.79 Å². The first kappa shape index (κ1) is 10.6. The van der Waals surface area contributed by atoms with Crippen molar-refractivity contribution in [3.8, 4) is 0 Å². The highest BCUT2D eigenvalue weighted by Crippen LogP contribution is 2.22. The molecule has 0 unspecified atom stereocenters. The average Bonchev–Trinajstić information content (AvgIpc) is 2.01. The Morgan fingerprint density at radius 1 is 1.50 bits per heavy atom. The number of carbonyl (C=O) groups is 1. The van der Waals surface area contributed by atoms with Crippen LogP contribution >= 0.6 is 0 Å². The van der Waals surface area contributed by atoms with Gasteiger partial charge in [-0.1, -0.05) is 13.0 Å². The molecule has 0 aromatic heterocycles. The van der Waals surface area contributed by atoms with Crippen molar-refractivity contribution in [3.63, 3.8) is 0 Å².